The van der Waals surface area contributed by atoms with Crippen molar-refractivity contribution in [3.8, 4) is 0 Å². The molecule has 6 heteroatoms. The molecule has 0 aromatic carbocycles. The van der Waals surface area contributed by atoms with Crippen LogP contribution in [0.1, 0.15) is 16.9 Å². The van der Waals surface area contributed by atoms with Gasteiger partial charge in [0.2, 0.25) is 11.8 Å². The number of thiophene rings is 1. The largest absolute Gasteiger partial charge is 0.359 e. The Labute approximate surface area is 117 Å². The molecule has 1 aliphatic heterocycles. The highest BCUT2D eigenvalue weighted by Crippen LogP contribution is 2.23. The molecular formula is C13H19N3O2S. The van der Waals surface area contributed by atoms with Crippen molar-refractivity contribution in [2.75, 3.05) is 26.7 Å². The summed E-state index contributed by atoms with van der Waals surface area (Å²) < 4.78 is 0. The molecule has 1 aromatic heterocycles. The third-order valence-corrected chi connectivity index (χ3v) is 4.27. The summed E-state index contributed by atoms with van der Waals surface area (Å²) in [6.07, 6.45) is 1.36. The number of amides is 2. The number of nitrogens with one attached hydrogen (secondary N) is 2. The third-order valence-electron chi connectivity index (χ3n) is 3.24. The fourth-order valence-electron chi connectivity index (χ4n) is 2.10. The highest BCUT2D eigenvalue weighted by Gasteiger charge is 2.20. The molecule has 0 radical (unpaired) electrons. The van der Waals surface area contributed by atoms with Crippen LogP contribution >= 0.6 is 11.3 Å². The Hall–Kier alpha value is -1.40. The average Bonchev–Trinajstić information content (AvgIpc) is 2.90. The van der Waals surface area contributed by atoms with Crippen LogP contribution in [0.5, 0.6) is 0 Å². The van der Waals surface area contributed by atoms with Crippen LogP contribution in [0.15, 0.2) is 11.4 Å². The summed E-state index contributed by atoms with van der Waals surface area (Å²) >= 11 is 1.77. The molecule has 2 N–H and O–H groups in total. The standard InChI is InChI=1S/C13H19N3O2S/c1-14-12(17)2-5-15-8-13(18)16-6-3-11-10(9-16)4-7-19-11/h4,7,15H,2-3,5-6,8-9H2,1H3,(H,14,17). The summed E-state index contributed by atoms with van der Waals surface area (Å²) in [5.41, 5.74) is 1.27. The Balaban J connectivity index is 1.71. The molecule has 0 spiro atoms. The quantitative estimate of drug-likeness (QED) is 0.766. The zero-order chi connectivity index (χ0) is 13.7. The average molecular weight is 281 g/mol. The molecule has 1 aliphatic rings. The van der Waals surface area contributed by atoms with Gasteiger partial charge in [0.15, 0.2) is 0 Å². The second-order valence-corrected chi connectivity index (χ2v) is 5.53. The predicted octanol–water partition coefficient (Wildman–Crippen LogP) is 0.358. The van der Waals surface area contributed by atoms with Gasteiger partial charge in [-0.1, -0.05) is 0 Å². The van der Waals surface area contributed by atoms with Gasteiger partial charge in [-0.2, -0.15) is 0 Å². The van der Waals surface area contributed by atoms with Crippen molar-refractivity contribution < 1.29 is 9.59 Å². The second kappa shape index (κ2) is 6.68. The van der Waals surface area contributed by atoms with Crippen LogP contribution in [0.3, 0.4) is 0 Å². The van der Waals surface area contributed by atoms with Crippen LogP contribution < -0.4 is 10.6 Å². The van der Waals surface area contributed by atoms with E-state index in [9.17, 15) is 9.59 Å². The lowest BCUT2D eigenvalue weighted by molar-refractivity contribution is -0.131. The van der Waals surface area contributed by atoms with E-state index in [1.807, 2.05) is 4.90 Å². The van der Waals surface area contributed by atoms with E-state index in [4.69, 9.17) is 0 Å². The monoisotopic (exact) mass is 281 g/mol. The summed E-state index contributed by atoms with van der Waals surface area (Å²) in [7, 11) is 1.61. The van der Waals surface area contributed by atoms with Gasteiger partial charge in [0.1, 0.15) is 0 Å². The summed E-state index contributed by atoms with van der Waals surface area (Å²) in [4.78, 5) is 26.3. The van der Waals surface area contributed by atoms with Crippen LogP contribution in [-0.2, 0) is 22.6 Å². The first-order valence-electron chi connectivity index (χ1n) is 6.45. The molecule has 5 nitrogen and oxygen atoms in total. The first kappa shape index (κ1) is 14.0. The molecule has 0 atom stereocenters. The first-order chi connectivity index (χ1) is 9.20. The number of carbonyl (C=O) groups is 2. The fraction of sp³-hybridized carbons (Fsp3) is 0.538. The number of hydrogen-bond acceptors (Lipinski definition) is 4. The van der Waals surface area contributed by atoms with Crippen LogP contribution in [0.2, 0.25) is 0 Å². The van der Waals surface area contributed by atoms with Crippen molar-refractivity contribution in [1.82, 2.24) is 15.5 Å². The number of carbonyl (C=O) groups excluding carboxylic acids is 2. The first-order valence-corrected chi connectivity index (χ1v) is 7.33. The maximum absolute atomic E-state index is 12.0. The number of hydrogen-bond donors (Lipinski definition) is 2. The van der Waals surface area contributed by atoms with Gasteiger partial charge in [-0.05, 0) is 23.4 Å². The van der Waals surface area contributed by atoms with Gasteiger partial charge >= 0.3 is 0 Å². The van der Waals surface area contributed by atoms with Crippen molar-refractivity contribution in [2.45, 2.75) is 19.4 Å². The Morgan fingerprint density at radius 2 is 2.32 bits per heavy atom. The normalized spacial score (nSPS) is 14.1. The van der Waals surface area contributed by atoms with E-state index in [1.54, 1.807) is 18.4 Å². The van der Waals surface area contributed by atoms with Gasteiger partial charge in [0, 0.05) is 38.0 Å². The van der Waals surface area contributed by atoms with E-state index in [0.717, 1.165) is 19.5 Å². The van der Waals surface area contributed by atoms with Crippen LogP contribution in [0.25, 0.3) is 0 Å². The van der Waals surface area contributed by atoms with E-state index >= 15 is 0 Å². The minimum atomic E-state index is -0.0131. The minimum absolute atomic E-state index is 0.0131. The van der Waals surface area contributed by atoms with E-state index in [1.165, 1.54) is 10.4 Å². The lowest BCUT2D eigenvalue weighted by Crippen LogP contribution is -2.41. The molecule has 19 heavy (non-hydrogen) atoms. The molecule has 0 bridgehead atoms. The van der Waals surface area contributed by atoms with Gasteiger partial charge in [0.05, 0.1) is 6.54 Å². The van der Waals surface area contributed by atoms with E-state index < -0.39 is 0 Å². The topological polar surface area (TPSA) is 61.4 Å². The molecule has 0 fully saturated rings. The molecule has 0 unspecified atom stereocenters. The molecule has 2 heterocycles. The van der Waals surface area contributed by atoms with E-state index in [2.05, 4.69) is 22.1 Å². The van der Waals surface area contributed by atoms with E-state index in [0.29, 0.717) is 19.5 Å². The molecule has 0 saturated heterocycles. The van der Waals surface area contributed by atoms with Gasteiger partial charge in [0.25, 0.3) is 0 Å². The van der Waals surface area contributed by atoms with Crippen molar-refractivity contribution in [1.29, 1.82) is 0 Å². The number of fused-ring (bicyclic) bond motifs is 1. The van der Waals surface area contributed by atoms with Crippen molar-refractivity contribution in [2.24, 2.45) is 0 Å². The predicted molar refractivity (Wildman–Crippen MR) is 75.0 cm³/mol. The zero-order valence-electron chi connectivity index (χ0n) is 11.1. The molecule has 0 saturated carbocycles. The zero-order valence-corrected chi connectivity index (χ0v) is 11.9. The Kier molecular flexibility index (Phi) is 4.93. The number of nitrogens with zero attached hydrogens (tertiary/aromatic N) is 1. The molecular weight excluding hydrogens is 262 g/mol. The van der Waals surface area contributed by atoms with Crippen molar-refractivity contribution in [3.63, 3.8) is 0 Å². The van der Waals surface area contributed by atoms with Gasteiger partial charge in [-0.3, -0.25) is 9.59 Å². The maximum atomic E-state index is 12.0. The smallest absolute Gasteiger partial charge is 0.236 e. The van der Waals surface area contributed by atoms with Crippen LogP contribution in [0.4, 0.5) is 0 Å². The molecule has 104 valence electrons. The summed E-state index contributed by atoms with van der Waals surface area (Å²) in [5, 5.41) is 7.65. The van der Waals surface area contributed by atoms with Crippen LogP contribution in [-0.4, -0.2) is 43.4 Å². The Morgan fingerprint density at radius 1 is 1.47 bits per heavy atom. The Bertz CT molecular complexity index is 458. The Morgan fingerprint density at radius 3 is 3.11 bits per heavy atom. The highest BCUT2D eigenvalue weighted by atomic mass is 32.1. The molecule has 2 rings (SSSR count). The summed E-state index contributed by atoms with van der Waals surface area (Å²) in [6.45, 7) is 2.34. The number of rotatable bonds is 5. The maximum Gasteiger partial charge on any atom is 0.236 e. The fourth-order valence-corrected chi connectivity index (χ4v) is 2.99. The molecule has 1 aromatic rings. The third kappa shape index (κ3) is 3.78. The van der Waals surface area contributed by atoms with Gasteiger partial charge < -0.3 is 15.5 Å². The van der Waals surface area contributed by atoms with Gasteiger partial charge in [-0.25, -0.2) is 0 Å². The lowest BCUT2D eigenvalue weighted by atomic mass is 10.1. The lowest BCUT2D eigenvalue weighted by Gasteiger charge is -2.27. The summed E-state index contributed by atoms with van der Waals surface area (Å²) in [6, 6.07) is 2.10. The molecule has 0 aliphatic carbocycles. The van der Waals surface area contributed by atoms with Crippen molar-refractivity contribution in [3.05, 3.63) is 21.9 Å². The van der Waals surface area contributed by atoms with Crippen molar-refractivity contribution >= 4 is 23.2 Å². The summed E-state index contributed by atoms with van der Waals surface area (Å²) in [5.74, 6) is 0.0922. The van der Waals surface area contributed by atoms with Crippen LogP contribution in [0, 0.1) is 0 Å². The molecule has 2 amide bonds. The minimum Gasteiger partial charge on any atom is -0.359 e. The second-order valence-electron chi connectivity index (χ2n) is 4.53. The van der Waals surface area contributed by atoms with Gasteiger partial charge in [-0.15, -0.1) is 11.3 Å². The van der Waals surface area contributed by atoms with E-state index in [-0.39, 0.29) is 11.8 Å². The SMILES string of the molecule is CNC(=O)CCNCC(=O)N1CCc2sccc2C1. The highest BCUT2D eigenvalue weighted by molar-refractivity contribution is 7.10.